The first kappa shape index (κ1) is 13.4. The summed E-state index contributed by atoms with van der Waals surface area (Å²) < 4.78 is 0. The Morgan fingerprint density at radius 3 is 2.50 bits per heavy atom. The van der Waals surface area contributed by atoms with Crippen LogP contribution in [0.2, 0.25) is 5.02 Å². The van der Waals surface area contributed by atoms with Gasteiger partial charge in [0.15, 0.2) is 0 Å². The van der Waals surface area contributed by atoms with Crippen LogP contribution >= 0.6 is 23.4 Å². The van der Waals surface area contributed by atoms with Crippen LogP contribution < -0.4 is 0 Å². The molecule has 0 saturated carbocycles. The second-order valence-corrected chi connectivity index (χ2v) is 4.65. The van der Waals surface area contributed by atoms with Gasteiger partial charge in [0, 0.05) is 23.9 Å². The Morgan fingerprint density at radius 2 is 1.94 bits per heavy atom. The quantitative estimate of drug-likeness (QED) is 0.812. The van der Waals surface area contributed by atoms with Gasteiger partial charge in [-0.1, -0.05) is 41.6 Å². The third-order valence-corrected chi connectivity index (χ3v) is 3.66. The molecular weight excluding hydrogens is 242 g/mol. The number of benzene rings is 1. The average molecular weight is 258 g/mol. The first-order valence-corrected chi connectivity index (χ1v) is 6.70. The van der Waals surface area contributed by atoms with E-state index in [9.17, 15) is 4.79 Å². The molecule has 0 aromatic heterocycles. The molecule has 0 N–H and O–H groups in total. The van der Waals surface area contributed by atoms with E-state index in [1.807, 2.05) is 43.0 Å². The van der Waals surface area contributed by atoms with Gasteiger partial charge in [0.25, 0.3) is 5.24 Å². The molecule has 1 amide bonds. The van der Waals surface area contributed by atoms with Crippen LogP contribution in [0, 0.1) is 0 Å². The maximum absolute atomic E-state index is 11.7. The van der Waals surface area contributed by atoms with Crippen LogP contribution in [0.1, 0.15) is 19.4 Å². The zero-order valence-corrected chi connectivity index (χ0v) is 11.1. The Hall–Kier alpha value is -0.670. The normalized spacial score (nSPS) is 10.2. The van der Waals surface area contributed by atoms with Gasteiger partial charge < -0.3 is 4.90 Å². The summed E-state index contributed by atoms with van der Waals surface area (Å²) in [5, 5.41) is 0.840. The second-order valence-electron chi connectivity index (χ2n) is 3.32. The minimum Gasteiger partial charge on any atom is -0.334 e. The number of thioether (sulfide) groups is 1. The molecule has 0 atom stereocenters. The molecule has 1 rings (SSSR count). The lowest BCUT2D eigenvalue weighted by Gasteiger charge is -2.17. The fourth-order valence-corrected chi connectivity index (χ4v) is 2.58. The lowest BCUT2D eigenvalue weighted by molar-refractivity contribution is 0.228. The molecule has 0 saturated heterocycles. The topological polar surface area (TPSA) is 20.3 Å². The Balaban J connectivity index is 2.52. The van der Waals surface area contributed by atoms with E-state index < -0.39 is 0 Å². The van der Waals surface area contributed by atoms with Crippen LogP contribution in [0.4, 0.5) is 4.79 Å². The van der Waals surface area contributed by atoms with Gasteiger partial charge in [-0.25, -0.2) is 0 Å². The SMILES string of the molecule is CCN(CC)C(=O)SCc1ccccc1Cl. The number of hydrogen-bond acceptors (Lipinski definition) is 2. The van der Waals surface area contributed by atoms with Crippen molar-refractivity contribution in [3.05, 3.63) is 34.9 Å². The van der Waals surface area contributed by atoms with Crippen LogP contribution in [0.5, 0.6) is 0 Å². The van der Waals surface area contributed by atoms with Crippen LogP contribution in [-0.4, -0.2) is 23.2 Å². The van der Waals surface area contributed by atoms with E-state index in [4.69, 9.17) is 11.6 Å². The fraction of sp³-hybridized carbons (Fsp3) is 0.417. The highest BCUT2D eigenvalue weighted by Gasteiger charge is 2.10. The molecule has 16 heavy (non-hydrogen) atoms. The van der Waals surface area contributed by atoms with Crippen LogP contribution in [-0.2, 0) is 5.75 Å². The summed E-state index contributed by atoms with van der Waals surface area (Å²) in [5.74, 6) is 0.634. The van der Waals surface area contributed by atoms with E-state index in [1.54, 1.807) is 0 Å². The van der Waals surface area contributed by atoms with Gasteiger partial charge >= 0.3 is 0 Å². The molecule has 1 aromatic carbocycles. The summed E-state index contributed by atoms with van der Waals surface area (Å²) in [6, 6.07) is 7.62. The van der Waals surface area contributed by atoms with Crippen molar-refractivity contribution in [3.63, 3.8) is 0 Å². The van der Waals surface area contributed by atoms with Crippen LogP contribution in [0.25, 0.3) is 0 Å². The molecule has 1 aromatic rings. The van der Waals surface area contributed by atoms with E-state index in [0.717, 1.165) is 23.7 Å². The van der Waals surface area contributed by atoms with Crippen LogP contribution in [0.15, 0.2) is 24.3 Å². The Kier molecular flexibility index (Phi) is 5.71. The molecule has 2 nitrogen and oxygen atoms in total. The highest BCUT2D eigenvalue weighted by atomic mass is 35.5. The van der Waals surface area contributed by atoms with Crippen molar-refractivity contribution in [1.29, 1.82) is 0 Å². The summed E-state index contributed by atoms with van der Waals surface area (Å²) >= 11 is 7.32. The maximum Gasteiger partial charge on any atom is 0.281 e. The summed E-state index contributed by atoms with van der Waals surface area (Å²) in [5.41, 5.74) is 1.01. The molecule has 0 aliphatic heterocycles. The van der Waals surface area contributed by atoms with Crippen molar-refractivity contribution in [1.82, 2.24) is 4.90 Å². The number of carbonyl (C=O) groups excluding carboxylic acids is 1. The first-order chi connectivity index (χ1) is 7.69. The molecule has 0 aliphatic rings. The molecule has 0 radical (unpaired) electrons. The standard InChI is InChI=1S/C12H16ClNOS/c1-3-14(4-2)12(15)16-9-10-7-5-6-8-11(10)13/h5-8H,3-4,9H2,1-2H3. The molecular formula is C12H16ClNOS. The molecule has 0 unspecified atom stereocenters. The predicted octanol–water partition coefficient (Wildman–Crippen LogP) is 4.04. The number of halogens is 1. The average Bonchev–Trinajstić information content (AvgIpc) is 2.29. The minimum absolute atomic E-state index is 0.116. The minimum atomic E-state index is 0.116. The summed E-state index contributed by atoms with van der Waals surface area (Å²) in [4.78, 5) is 13.5. The van der Waals surface area contributed by atoms with Gasteiger partial charge in [-0.3, -0.25) is 4.79 Å². The number of rotatable bonds is 4. The van der Waals surface area contributed by atoms with Gasteiger partial charge in [0.2, 0.25) is 0 Å². The van der Waals surface area contributed by atoms with E-state index in [1.165, 1.54) is 11.8 Å². The Morgan fingerprint density at radius 1 is 1.31 bits per heavy atom. The number of amides is 1. The van der Waals surface area contributed by atoms with Gasteiger partial charge in [0.1, 0.15) is 0 Å². The summed E-state index contributed by atoms with van der Waals surface area (Å²) in [6.45, 7) is 5.48. The van der Waals surface area contributed by atoms with Crippen molar-refractivity contribution >= 4 is 28.6 Å². The molecule has 88 valence electrons. The molecule has 0 fully saturated rings. The van der Waals surface area contributed by atoms with Gasteiger partial charge in [0.05, 0.1) is 0 Å². The third-order valence-electron chi connectivity index (χ3n) is 2.33. The first-order valence-electron chi connectivity index (χ1n) is 5.34. The zero-order valence-electron chi connectivity index (χ0n) is 9.57. The van der Waals surface area contributed by atoms with Gasteiger partial charge in [-0.05, 0) is 25.5 Å². The Bertz CT molecular complexity index is 353. The second kappa shape index (κ2) is 6.81. The zero-order chi connectivity index (χ0) is 12.0. The van der Waals surface area contributed by atoms with E-state index in [-0.39, 0.29) is 5.24 Å². The molecule has 0 spiro atoms. The van der Waals surface area contributed by atoms with Crippen molar-refractivity contribution in [2.75, 3.05) is 13.1 Å². The number of hydrogen-bond donors (Lipinski definition) is 0. The fourth-order valence-electron chi connectivity index (χ4n) is 1.33. The smallest absolute Gasteiger partial charge is 0.281 e. The molecule has 0 heterocycles. The van der Waals surface area contributed by atoms with Crippen molar-refractivity contribution in [2.24, 2.45) is 0 Å². The summed E-state index contributed by atoms with van der Waals surface area (Å²) in [6.07, 6.45) is 0. The number of carbonyl (C=O) groups is 1. The maximum atomic E-state index is 11.7. The number of nitrogens with zero attached hydrogens (tertiary/aromatic N) is 1. The molecule has 0 aliphatic carbocycles. The Labute approximate surface area is 106 Å². The van der Waals surface area contributed by atoms with Crippen LogP contribution in [0.3, 0.4) is 0 Å². The van der Waals surface area contributed by atoms with E-state index in [2.05, 4.69) is 0 Å². The van der Waals surface area contributed by atoms with Gasteiger partial charge in [-0.2, -0.15) is 0 Å². The highest BCUT2D eigenvalue weighted by Crippen LogP contribution is 2.22. The van der Waals surface area contributed by atoms with Crippen molar-refractivity contribution < 1.29 is 4.79 Å². The van der Waals surface area contributed by atoms with E-state index in [0.29, 0.717) is 5.75 Å². The van der Waals surface area contributed by atoms with E-state index >= 15 is 0 Å². The predicted molar refractivity (Wildman–Crippen MR) is 71.1 cm³/mol. The molecule has 4 heteroatoms. The van der Waals surface area contributed by atoms with Crippen molar-refractivity contribution in [2.45, 2.75) is 19.6 Å². The molecule has 0 bridgehead atoms. The summed E-state index contributed by atoms with van der Waals surface area (Å²) in [7, 11) is 0. The largest absolute Gasteiger partial charge is 0.334 e. The monoisotopic (exact) mass is 257 g/mol. The van der Waals surface area contributed by atoms with Gasteiger partial charge in [-0.15, -0.1) is 0 Å². The third kappa shape index (κ3) is 3.72. The van der Waals surface area contributed by atoms with Crippen molar-refractivity contribution in [3.8, 4) is 0 Å². The lowest BCUT2D eigenvalue weighted by Crippen LogP contribution is -2.26. The lowest BCUT2D eigenvalue weighted by atomic mass is 10.2. The highest BCUT2D eigenvalue weighted by molar-refractivity contribution is 8.12.